The molecular formula is C14H14N2O. The highest BCUT2D eigenvalue weighted by molar-refractivity contribution is 6.01. The smallest absolute Gasteiger partial charge is 0.170 e. The van der Waals surface area contributed by atoms with Gasteiger partial charge in [0.15, 0.2) is 5.78 Å². The van der Waals surface area contributed by atoms with E-state index < -0.39 is 0 Å². The van der Waals surface area contributed by atoms with E-state index in [4.69, 9.17) is 5.73 Å². The number of anilines is 1. The molecule has 3 nitrogen and oxygen atoms in total. The van der Waals surface area contributed by atoms with Crippen LogP contribution in [0, 0.1) is 6.92 Å². The molecule has 2 N–H and O–H groups in total. The first-order valence-corrected chi connectivity index (χ1v) is 5.45. The van der Waals surface area contributed by atoms with Crippen molar-refractivity contribution in [2.75, 3.05) is 5.73 Å². The molecule has 0 aliphatic heterocycles. The number of carbonyl (C=O) groups is 1. The largest absolute Gasteiger partial charge is 0.398 e. The molecule has 0 radical (unpaired) electrons. The van der Waals surface area contributed by atoms with Gasteiger partial charge in [0.05, 0.1) is 5.56 Å². The number of nitrogen functional groups attached to an aromatic ring is 1. The zero-order valence-corrected chi connectivity index (χ0v) is 9.68. The van der Waals surface area contributed by atoms with Crippen molar-refractivity contribution in [3.05, 3.63) is 59.4 Å². The highest BCUT2D eigenvalue weighted by Gasteiger charge is 2.10. The van der Waals surface area contributed by atoms with Gasteiger partial charge in [-0.2, -0.15) is 0 Å². The summed E-state index contributed by atoms with van der Waals surface area (Å²) >= 11 is 0. The molecule has 0 unspecified atom stereocenters. The minimum absolute atomic E-state index is 0.000506. The minimum Gasteiger partial charge on any atom is -0.398 e. The average molecular weight is 226 g/mol. The molecule has 3 heteroatoms. The molecule has 0 amide bonds. The molecule has 0 bridgehead atoms. The number of Topliss-reactive ketones (excluding diaryl/α,β-unsaturated/α-hetero) is 1. The van der Waals surface area contributed by atoms with Gasteiger partial charge in [0, 0.05) is 24.5 Å². The van der Waals surface area contributed by atoms with Crippen molar-refractivity contribution in [1.82, 2.24) is 4.98 Å². The number of benzene rings is 1. The van der Waals surface area contributed by atoms with Crippen molar-refractivity contribution in [2.24, 2.45) is 0 Å². The fourth-order valence-corrected chi connectivity index (χ4v) is 1.62. The standard InChI is InChI=1S/C14H14N2O/c1-10-2-4-11(5-3-10)8-14(17)12-9-16-7-6-13(12)15/h2-7,9H,8H2,1H3,(H2,15,16). The first-order chi connectivity index (χ1) is 8.16. The van der Waals surface area contributed by atoms with E-state index in [2.05, 4.69) is 4.98 Å². The number of hydrogen-bond acceptors (Lipinski definition) is 3. The molecular weight excluding hydrogens is 212 g/mol. The monoisotopic (exact) mass is 226 g/mol. The second-order valence-electron chi connectivity index (χ2n) is 4.05. The lowest BCUT2D eigenvalue weighted by atomic mass is 10.0. The maximum atomic E-state index is 12.0. The Morgan fingerprint density at radius 3 is 2.59 bits per heavy atom. The third-order valence-corrected chi connectivity index (χ3v) is 2.64. The van der Waals surface area contributed by atoms with Gasteiger partial charge in [-0.05, 0) is 18.6 Å². The Bertz CT molecular complexity index is 532. The van der Waals surface area contributed by atoms with E-state index in [9.17, 15) is 4.79 Å². The van der Waals surface area contributed by atoms with Gasteiger partial charge in [-0.3, -0.25) is 9.78 Å². The lowest BCUT2D eigenvalue weighted by molar-refractivity contribution is 0.0993. The van der Waals surface area contributed by atoms with E-state index in [1.807, 2.05) is 31.2 Å². The Kier molecular flexibility index (Phi) is 3.19. The molecule has 1 aromatic heterocycles. The van der Waals surface area contributed by atoms with Gasteiger partial charge < -0.3 is 5.73 Å². The summed E-state index contributed by atoms with van der Waals surface area (Å²) in [6.07, 6.45) is 3.46. The molecule has 0 aliphatic carbocycles. The van der Waals surface area contributed by atoms with E-state index in [0.29, 0.717) is 17.7 Å². The summed E-state index contributed by atoms with van der Waals surface area (Å²) in [5.74, 6) is -0.000506. The second kappa shape index (κ2) is 4.78. The number of aryl methyl sites for hydroxylation is 1. The summed E-state index contributed by atoms with van der Waals surface area (Å²) in [4.78, 5) is 15.9. The lowest BCUT2D eigenvalue weighted by Crippen LogP contribution is -2.07. The summed E-state index contributed by atoms with van der Waals surface area (Å²) in [7, 11) is 0. The fraction of sp³-hybridized carbons (Fsp3) is 0.143. The average Bonchev–Trinajstić information content (AvgIpc) is 2.32. The van der Waals surface area contributed by atoms with Crippen molar-refractivity contribution < 1.29 is 4.79 Å². The summed E-state index contributed by atoms with van der Waals surface area (Å²) in [5.41, 5.74) is 8.89. The van der Waals surface area contributed by atoms with Gasteiger partial charge in [0.1, 0.15) is 0 Å². The molecule has 86 valence electrons. The molecule has 0 saturated carbocycles. The zero-order valence-electron chi connectivity index (χ0n) is 9.68. The zero-order chi connectivity index (χ0) is 12.3. The summed E-state index contributed by atoms with van der Waals surface area (Å²) in [6, 6.07) is 9.55. The third kappa shape index (κ3) is 2.69. The van der Waals surface area contributed by atoms with Crippen LogP contribution in [0.5, 0.6) is 0 Å². The van der Waals surface area contributed by atoms with Gasteiger partial charge in [-0.25, -0.2) is 0 Å². The van der Waals surface area contributed by atoms with Crippen molar-refractivity contribution in [3.8, 4) is 0 Å². The first kappa shape index (κ1) is 11.3. The molecule has 2 aromatic rings. The highest BCUT2D eigenvalue weighted by atomic mass is 16.1. The molecule has 0 atom stereocenters. The summed E-state index contributed by atoms with van der Waals surface area (Å²) in [6.45, 7) is 2.02. The molecule has 2 rings (SSSR count). The van der Waals surface area contributed by atoms with E-state index >= 15 is 0 Å². The number of nitrogens with zero attached hydrogens (tertiary/aromatic N) is 1. The van der Waals surface area contributed by atoms with Gasteiger partial charge in [-0.1, -0.05) is 29.8 Å². The van der Waals surface area contributed by atoms with E-state index in [1.165, 1.54) is 11.8 Å². The maximum absolute atomic E-state index is 12.0. The van der Waals surface area contributed by atoms with Crippen LogP contribution in [-0.4, -0.2) is 10.8 Å². The molecule has 0 saturated heterocycles. The number of carbonyl (C=O) groups excluding carboxylic acids is 1. The van der Waals surface area contributed by atoms with Crippen LogP contribution in [0.3, 0.4) is 0 Å². The van der Waals surface area contributed by atoms with Crippen LogP contribution in [0.2, 0.25) is 0 Å². The van der Waals surface area contributed by atoms with Crippen molar-refractivity contribution in [3.63, 3.8) is 0 Å². The Morgan fingerprint density at radius 2 is 1.94 bits per heavy atom. The molecule has 0 aliphatic rings. The number of rotatable bonds is 3. The fourth-order valence-electron chi connectivity index (χ4n) is 1.62. The van der Waals surface area contributed by atoms with E-state index in [0.717, 1.165) is 5.56 Å². The Balaban J connectivity index is 2.17. The van der Waals surface area contributed by atoms with Gasteiger partial charge in [-0.15, -0.1) is 0 Å². The number of nitrogens with two attached hydrogens (primary N) is 1. The van der Waals surface area contributed by atoms with Crippen molar-refractivity contribution >= 4 is 11.5 Å². The quantitative estimate of drug-likeness (QED) is 0.817. The predicted octanol–water partition coefficient (Wildman–Crippen LogP) is 2.40. The molecule has 0 spiro atoms. The Hall–Kier alpha value is -2.16. The first-order valence-electron chi connectivity index (χ1n) is 5.45. The lowest BCUT2D eigenvalue weighted by Gasteiger charge is -2.04. The topological polar surface area (TPSA) is 56.0 Å². The molecule has 17 heavy (non-hydrogen) atoms. The van der Waals surface area contributed by atoms with Crippen LogP contribution in [0.25, 0.3) is 0 Å². The summed E-state index contributed by atoms with van der Waals surface area (Å²) in [5, 5.41) is 0. The third-order valence-electron chi connectivity index (χ3n) is 2.64. The number of pyridine rings is 1. The number of hydrogen-bond donors (Lipinski definition) is 1. The Morgan fingerprint density at radius 1 is 1.24 bits per heavy atom. The van der Waals surface area contributed by atoms with Crippen molar-refractivity contribution in [1.29, 1.82) is 0 Å². The number of aromatic nitrogens is 1. The van der Waals surface area contributed by atoms with E-state index in [-0.39, 0.29) is 5.78 Å². The van der Waals surface area contributed by atoms with Gasteiger partial charge >= 0.3 is 0 Å². The molecule has 1 heterocycles. The second-order valence-corrected chi connectivity index (χ2v) is 4.05. The van der Waals surface area contributed by atoms with Crippen LogP contribution in [0.15, 0.2) is 42.7 Å². The number of ketones is 1. The van der Waals surface area contributed by atoms with E-state index in [1.54, 1.807) is 12.3 Å². The normalized spacial score (nSPS) is 10.2. The Labute approximate surface area is 100 Å². The van der Waals surface area contributed by atoms with Gasteiger partial charge in [0.25, 0.3) is 0 Å². The molecule has 0 fully saturated rings. The van der Waals surface area contributed by atoms with Crippen molar-refractivity contribution in [2.45, 2.75) is 13.3 Å². The summed E-state index contributed by atoms with van der Waals surface area (Å²) < 4.78 is 0. The molecule has 1 aromatic carbocycles. The maximum Gasteiger partial charge on any atom is 0.170 e. The van der Waals surface area contributed by atoms with Crippen LogP contribution in [0.1, 0.15) is 21.5 Å². The highest BCUT2D eigenvalue weighted by Crippen LogP contribution is 2.13. The van der Waals surface area contributed by atoms with Crippen LogP contribution in [-0.2, 0) is 6.42 Å². The van der Waals surface area contributed by atoms with Crippen LogP contribution in [0.4, 0.5) is 5.69 Å². The van der Waals surface area contributed by atoms with Crippen LogP contribution < -0.4 is 5.73 Å². The van der Waals surface area contributed by atoms with Gasteiger partial charge in [0.2, 0.25) is 0 Å². The minimum atomic E-state index is -0.000506. The van der Waals surface area contributed by atoms with Crippen LogP contribution >= 0.6 is 0 Å². The predicted molar refractivity (Wildman–Crippen MR) is 67.9 cm³/mol. The SMILES string of the molecule is Cc1ccc(CC(=O)c2cnccc2N)cc1.